The van der Waals surface area contributed by atoms with E-state index in [4.69, 9.17) is 37.5 Å². The second-order valence-electron chi connectivity index (χ2n) is 6.72. The van der Waals surface area contributed by atoms with Crippen molar-refractivity contribution in [2.45, 2.75) is 20.8 Å². The van der Waals surface area contributed by atoms with Gasteiger partial charge < -0.3 is 19.2 Å². The molecule has 0 atom stereocenters. The third-order valence-electron chi connectivity index (χ3n) is 4.30. The third-order valence-corrected chi connectivity index (χ3v) is 5.04. The van der Waals surface area contributed by atoms with Crippen molar-refractivity contribution >= 4 is 40.9 Å². The molecule has 0 aromatic heterocycles. The van der Waals surface area contributed by atoms with Crippen molar-refractivity contribution in [3.63, 3.8) is 0 Å². The van der Waals surface area contributed by atoms with E-state index in [1.165, 1.54) is 7.11 Å². The summed E-state index contributed by atoms with van der Waals surface area (Å²) in [5, 5.41) is 4.90. The first kappa shape index (κ1) is 23.8. The Bertz CT molecular complexity index is 917. The summed E-state index contributed by atoms with van der Waals surface area (Å²) < 4.78 is 11.7. The maximum absolute atomic E-state index is 6.02. The van der Waals surface area contributed by atoms with E-state index < -0.39 is 0 Å². The van der Waals surface area contributed by atoms with Crippen molar-refractivity contribution in [3.05, 3.63) is 51.5 Å². The number of hydrogen-bond acceptors (Lipinski definition) is 5. The van der Waals surface area contributed by atoms with E-state index >= 15 is 0 Å². The standard InChI is InChI=1S/C22H27Cl2N3O3/c1-6-27(4)14-25-21-9-16(3)22(10-15(21)2)30-13-17(26-28-5)12-29-18-7-8-19(23)20(24)11-18/h7-11,14H,6,12-13H2,1-5H3/b25-14-,26-17-. The van der Waals surface area contributed by atoms with Crippen LogP contribution in [0.15, 0.2) is 40.5 Å². The lowest BCUT2D eigenvalue weighted by Crippen LogP contribution is -2.20. The largest absolute Gasteiger partial charge is 0.487 e. The van der Waals surface area contributed by atoms with Crippen LogP contribution in [0.2, 0.25) is 10.0 Å². The van der Waals surface area contributed by atoms with Crippen LogP contribution < -0.4 is 9.47 Å². The number of aryl methyl sites for hydroxylation is 2. The lowest BCUT2D eigenvalue weighted by Gasteiger charge is -2.14. The van der Waals surface area contributed by atoms with Gasteiger partial charge in [-0.3, -0.25) is 0 Å². The van der Waals surface area contributed by atoms with Gasteiger partial charge in [-0.25, -0.2) is 4.99 Å². The zero-order valence-corrected chi connectivity index (χ0v) is 19.4. The molecule has 6 nitrogen and oxygen atoms in total. The molecule has 0 spiro atoms. The number of oxime groups is 1. The average molecular weight is 452 g/mol. The molecular formula is C22H27Cl2N3O3. The van der Waals surface area contributed by atoms with Gasteiger partial charge in [-0.15, -0.1) is 0 Å². The molecule has 30 heavy (non-hydrogen) atoms. The van der Waals surface area contributed by atoms with Crippen molar-refractivity contribution in [3.8, 4) is 11.5 Å². The van der Waals surface area contributed by atoms with Gasteiger partial charge in [0, 0.05) is 19.7 Å². The van der Waals surface area contributed by atoms with Gasteiger partial charge in [0.1, 0.15) is 37.5 Å². The van der Waals surface area contributed by atoms with Crippen LogP contribution in [0, 0.1) is 13.8 Å². The Morgan fingerprint density at radius 3 is 2.43 bits per heavy atom. The summed E-state index contributed by atoms with van der Waals surface area (Å²) in [6, 6.07) is 9.04. The highest BCUT2D eigenvalue weighted by Crippen LogP contribution is 2.28. The Hall–Kier alpha value is -2.44. The molecule has 2 aromatic carbocycles. The van der Waals surface area contributed by atoms with Gasteiger partial charge in [0.05, 0.1) is 22.1 Å². The molecular weight excluding hydrogens is 425 g/mol. The average Bonchev–Trinajstić information content (AvgIpc) is 2.73. The van der Waals surface area contributed by atoms with Crippen LogP contribution in [0.25, 0.3) is 0 Å². The molecule has 0 aliphatic rings. The molecule has 0 unspecified atom stereocenters. The van der Waals surface area contributed by atoms with E-state index in [2.05, 4.69) is 17.1 Å². The fourth-order valence-electron chi connectivity index (χ4n) is 2.43. The molecule has 0 fully saturated rings. The lowest BCUT2D eigenvalue weighted by atomic mass is 10.1. The van der Waals surface area contributed by atoms with Gasteiger partial charge in [0.2, 0.25) is 0 Å². The minimum atomic E-state index is 0.190. The van der Waals surface area contributed by atoms with E-state index in [0.717, 1.165) is 29.1 Å². The fraction of sp³-hybridized carbons (Fsp3) is 0.364. The first-order valence-electron chi connectivity index (χ1n) is 9.49. The molecule has 0 aliphatic heterocycles. The van der Waals surface area contributed by atoms with Gasteiger partial charge in [-0.05, 0) is 56.2 Å². The van der Waals surface area contributed by atoms with E-state index in [0.29, 0.717) is 21.5 Å². The Labute approximate surface area is 188 Å². The summed E-state index contributed by atoms with van der Waals surface area (Å²) in [4.78, 5) is 11.5. The number of hydrogen-bond donors (Lipinski definition) is 0. The number of aliphatic imine (C=N–C) groups is 1. The first-order chi connectivity index (χ1) is 14.3. The first-order valence-corrected chi connectivity index (χ1v) is 10.2. The maximum atomic E-state index is 6.02. The second kappa shape index (κ2) is 11.7. The molecule has 0 saturated heterocycles. The molecule has 0 aliphatic carbocycles. The van der Waals surface area contributed by atoms with E-state index in [1.54, 1.807) is 18.2 Å². The number of rotatable bonds is 10. The maximum Gasteiger partial charge on any atom is 0.133 e. The van der Waals surface area contributed by atoms with Crippen LogP contribution in [0.4, 0.5) is 5.69 Å². The van der Waals surface area contributed by atoms with Crippen molar-refractivity contribution in [1.29, 1.82) is 0 Å². The summed E-state index contributed by atoms with van der Waals surface area (Å²) in [6.07, 6.45) is 1.83. The molecule has 2 rings (SSSR count). The molecule has 0 heterocycles. The highest BCUT2D eigenvalue weighted by Gasteiger charge is 2.09. The van der Waals surface area contributed by atoms with Crippen LogP contribution in [-0.4, -0.2) is 50.9 Å². The van der Waals surface area contributed by atoms with Gasteiger partial charge >= 0.3 is 0 Å². The topological polar surface area (TPSA) is 55.7 Å². The zero-order valence-electron chi connectivity index (χ0n) is 17.9. The number of halogens is 2. The number of ether oxygens (including phenoxy) is 2. The van der Waals surface area contributed by atoms with E-state index in [1.807, 2.05) is 44.3 Å². The number of benzene rings is 2. The molecule has 0 bridgehead atoms. The Morgan fingerprint density at radius 1 is 1.03 bits per heavy atom. The van der Waals surface area contributed by atoms with E-state index in [-0.39, 0.29) is 13.2 Å². The molecule has 0 saturated carbocycles. The molecule has 0 amide bonds. The highest BCUT2D eigenvalue weighted by molar-refractivity contribution is 6.42. The summed E-state index contributed by atoms with van der Waals surface area (Å²) in [5.41, 5.74) is 3.50. The predicted octanol–water partition coefficient (Wildman–Crippen LogP) is 5.68. The van der Waals surface area contributed by atoms with Crippen molar-refractivity contribution in [2.24, 2.45) is 10.1 Å². The predicted molar refractivity (Wildman–Crippen MR) is 124 cm³/mol. The monoisotopic (exact) mass is 451 g/mol. The lowest BCUT2D eigenvalue weighted by molar-refractivity contribution is 0.205. The zero-order chi connectivity index (χ0) is 22.1. The minimum Gasteiger partial charge on any atom is -0.487 e. The molecule has 0 N–H and O–H groups in total. The van der Waals surface area contributed by atoms with Crippen molar-refractivity contribution in [2.75, 3.05) is 33.9 Å². The quantitative estimate of drug-likeness (QED) is 0.264. The molecule has 0 radical (unpaired) electrons. The third kappa shape index (κ3) is 7.11. The van der Waals surface area contributed by atoms with Gasteiger partial charge in [-0.1, -0.05) is 28.4 Å². The van der Waals surface area contributed by atoms with Crippen LogP contribution in [0.1, 0.15) is 18.1 Å². The van der Waals surface area contributed by atoms with Gasteiger partial charge in [0.25, 0.3) is 0 Å². The smallest absolute Gasteiger partial charge is 0.133 e. The normalized spacial score (nSPS) is 11.6. The van der Waals surface area contributed by atoms with Crippen LogP contribution in [0.5, 0.6) is 11.5 Å². The number of nitrogens with zero attached hydrogens (tertiary/aromatic N) is 3. The summed E-state index contributed by atoms with van der Waals surface area (Å²) in [7, 11) is 3.47. The van der Waals surface area contributed by atoms with Gasteiger partial charge in [-0.2, -0.15) is 0 Å². The Morgan fingerprint density at radius 2 is 1.77 bits per heavy atom. The van der Waals surface area contributed by atoms with Crippen LogP contribution in [-0.2, 0) is 4.84 Å². The minimum absolute atomic E-state index is 0.190. The molecule has 2 aromatic rings. The fourth-order valence-corrected chi connectivity index (χ4v) is 2.72. The van der Waals surface area contributed by atoms with E-state index in [9.17, 15) is 0 Å². The summed E-state index contributed by atoms with van der Waals surface area (Å²) >= 11 is 11.9. The SMILES string of the molecule is CCN(C)/C=N\c1cc(C)c(OC/C(COc2ccc(Cl)c(Cl)c2)=N\OC)cc1C. The summed E-state index contributed by atoms with van der Waals surface area (Å²) in [5.74, 6) is 1.34. The second-order valence-corrected chi connectivity index (χ2v) is 7.53. The highest BCUT2D eigenvalue weighted by atomic mass is 35.5. The Balaban J connectivity index is 2.03. The van der Waals surface area contributed by atoms with Gasteiger partial charge in [0.15, 0.2) is 0 Å². The van der Waals surface area contributed by atoms with Crippen LogP contribution >= 0.6 is 23.2 Å². The van der Waals surface area contributed by atoms with Crippen molar-refractivity contribution < 1.29 is 14.3 Å². The summed E-state index contributed by atoms with van der Waals surface area (Å²) in [6.45, 7) is 7.37. The molecule has 8 heteroatoms. The Kier molecular flexibility index (Phi) is 9.27. The molecule has 162 valence electrons. The van der Waals surface area contributed by atoms with Crippen LogP contribution in [0.3, 0.4) is 0 Å². The van der Waals surface area contributed by atoms with Crippen molar-refractivity contribution in [1.82, 2.24) is 4.90 Å².